The van der Waals surface area contributed by atoms with Crippen LogP contribution in [0, 0.1) is 0 Å². The SMILES string of the molecule is COc1cccc(CNC(=O)COC(=O)c2cc(OC)cc(OC)c2)c1. The molecule has 0 aliphatic carbocycles. The van der Waals surface area contributed by atoms with E-state index in [4.69, 9.17) is 18.9 Å². The Morgan fingerprint density at radius 2 is 1.54 bits per heavy atom. The first-order chi connectivity index (χ1) is 12.5. The van der Waals surface area contributed by atoms with Gasteiger partial charge in [-0.05, 0) is 29.8 Å². The molecule has 7 heteroatoms. The second-order valence-electron chi connectivity index (χ2n) is 5.31. The molecular formula is C19H21NO6. The van der Waals surface area contributed by atoms with Crippen LogP contribution in [-0.4, -0.2) is 39.8 Å². The van der Waals surface area contributed by atoms with Crippen LogP contribution in [0.25, 0.3) is 0 Å². The van der Waals surface area contributed by atoms with E-state index in [0.29, 0.717) is 23.8 Å². The molecule has 0 aliphatic rings. The molecule has 0 fully saturated rings. The van der Waals surface area contributed by atoms with Crippen molar-refractivity contribution >= 4 is 11.9 Å². The summed E-state index contributed by atoms with van der Waals surface area (Å²) in [4.78, 5) is 24.0. The van der Waals surface area contributed by atoms with Crippen molar-refractivity contribution in [1.82, 2.24) is 5.32 Å². The minimum atomic E-state index is -0.640. The number of nitrogens with one attached hydrogen (secondary N) is 1. The molecule has 0 atom stereocenters. The molecule has 0 saturated heterocycles. The van der Waals surface area contributed by atoms with Crippen molar-refractivity contribution in [3.05, 3.63) is 53.6 Å². The van der Waals surface area contributed by atoms with Crippen LogP contribution in [0.2, 0.25) is 0 Å². The molecule has 0 bridgehead atoms. The van der Waals surface area contributed by atoms with E-state index in [-0.39, 0.29) is 12.2 Å². The Hall–Kier alpha value is -3.22. The number of carbonyl (C=O) groups excluding carboxylic acids is 2. The largest absolute Gasteiger partial charge is 0.497 e. The summed E-state index contributed by atoms with van der Waals surface area (Å²) >= 11 is 0. The van der Waals surface area contributed by atoms with Gasteiger partial charge in [0.05, 0.1) is 26.9 Å². The van der Waals surface area contributed by atoms with Crippen molar-refractivity contribution in [2.24, 2.45) is 0 Å². The predicted octanol–water partition coefficient (Wildman–Crippen LogP) is 2.19. The molecule has 2 aromatic rings. The van der Waals surface area contributed by atoms with Gasteiger partial charge in [-0.25, -0.2) is 4.79 Å². The molecule has 2 rings (SSSR count). The van der Waals surface area contributed by atoms with Crippen molar-refractivity contribution in [1.29, 1.82) is 0 Å². The van der Waals surface area contributed by atoms with E-state index in [1.54, 1.807) is 13.2 Å². The Kier molecular flexibility index (Phi) is 6.84. The number of carbonyl (C=O) groups is 2. The molecule has 7 nitrogen and oxygen atoms in total. The third-order valence-corrected chi connectivity index (χ3v) is 3.55. The van der Waals surface area contributed by atoms with Crippen LogP contribution in [0.5, 0.6) is 17.2 Å². The molecule has 138 valence electrons. The lowest BCUT2D eigenvalue weighted by molar-refractivity contribution is -0.124. The number of rotatable bonds is 8. The topological polar surface area (TPSA) is 83.1 Å². The summed E-state index contributed by atoms with van der Waals surface area (Å²) in [5.41, 5.74) is 1.11. The third kappa shape index (κ3) is 5.41. The van der Waals surface area contributed by atoms with Crippen LogP contribution in [0.3, 0.4) is 0 Å². The zero-order valence-corrected chi connectivity index (χ0v) is 14.9. The number of hydrogen-bond donors (Lipinski definition) is 1. The van der Waals surface area contributed by atoms with Gasteiger partial charge < -0.3 is 24.3 Å². The number of esters is 1. The number of amides is 1. The van der Waals surface area contributed by atoms with Gasteiger partial charge in [0.2, 0.25) is 0 Å². The maximum Gasteiger partial charge on any atom is 0.338 e. The van der Waals surface area contributed by atoms with Gasteiger partial charge in [-0.2, -0.15) is 0 Å². The fraction of sp³-hybridized carbons (Fsp3) is 0.263. The predicted molar refractivity (Wildman–Crippen MR) is 94.7 cm³/mol. The van der Waals surface area contributed by atoms with E-state index in [2.05, 4.69) is 5.32 Å². The molecule has 2 aromatic carbocycles. The fourth-order valence-electron chi connectivity index (χ4n) is 2.17. The van der Waals surface area contributed by atoms with Crippen LogP contribution >= 0.6 is 0 Å². The van der Waals surface area contributed by atoms with Crippen LogP contribution in [0.15, 0.2) is 42.5 Å². The maximum absolute atomic E-state index is 12.1. The first kappa shape index (κ1) is 19.1. The Labute approximate surface area is 151 Å². The Bertz CT molecular complexity index is 752. The molecule has 0 saturated carbocycles. The molecule has 1 amide bonds. The van der Waals surface area contributed by atoms with Crippen molar-refractivity contribution in [2.45, 2.75) is 6.54 Å². The van der Waals surface area contributed by atoms with E-state index in [1.807, 2.05) is 24.3 Å². The van der Waals surface area contributed by atoms with Crippen molar-refractivity contribution in [3.8, 4) is 17.2 Å². The zero-order valence-electron chi connectivity index (χ0n) is 14.9. The van der Waals surface area contributed by atoms with Crippen LogP contribution in [-0.2, 0) is 16.1 Å². The minimum Gasteiger partial charge on any atom is -0.497 e. The highest BCUT2D eigenvalue weighted by molar-refractivity contribution is 5.92. The van der Waals surface area contributed by atoms with Gasteiger partial charge in [0, 0.05) is 12.6 Å². The highest BCUT2D eigenvalue weighted by Gasteiger charge is 2.13. The summed E-state index contributed by atoms with van der Waals surface area (Å²) in [6.45, 7) is -0.0805. The zero-order chi connectivity index (χ0) is 18.9. The van der Waals surface area contributed by atoms with E-state index >= 15 is 0 Å². The first-order valence-corrected chi connectivity index (χ1v) is 7.85. The molecule has 0 unspecified atom stereocenters. The molecular weight excluding hydrogens is 338 g/mol. The summed E-state index contributed by atoms with van der Waals surface area (Å²) in [5.74, 6) is 0.572. The summed E-state index contributed by atoms with van der Waals surface area (Å²) in [6.07, 6.45) is 0. The molecule has 0 aliphatic heterocycles. The summed E-state index contributed by atoms with van der Waals surface area (Å²) in [6, 6.07) is 12.0. The summed E-state index contributed by atoms with van der Waals surface area (Å²) in [5, 5.41) is 2.68. The standard InChI is InChI=1S/C19H21NO6/c1-23-15-6-4-5-13(7-15)11-20-18(21)12-26-19(22)14-8-16(24-2)10-17(9-14)25-3/h4-10H,11-12H2,1-3H3,(H,20,21). The van der Waals surface area contributed by atoms with Crippen LogP contribution in [0.4, 0.5) is 0 Å². The second-order valence-corrected chi connectivity index (χ2v) is 5.31. The molecule has 26 heavy (non-hydrogen) atoms. The van der Waals surface area contributed by atoms with E-state index in [0.717, 1.165) is 5.56 Å². The van der Waals surface area contributed by atoms with E-state index in [9.17, 15) is 9.59 Å². The Balaban J connectivity index is 1.87. The molecule has 1 N–H and O–H groups in total. The average Bonchev–Trinajstić information content (AvgIpc) is 2.69. The molecule has 0 heterocycles. The number of ether oxygens (including phenoxy) is 4. The summed E-state index contributed by atoms with van der Waals surface area (Å²) < 4.78 is 20.4. The van der Waals surface area contributed by atoms with Crippen LogP contribution < -0.4 is 19.5 Å². The molecule has 0 aromatic heterocycles. The van der Waals surface area contributed by atoms with Gasteiger partial charge in [-0.1, -0.05) is 12.1 Å². The first-order valence-electron chi connectivity index (χ1n) is 7.85. The van der Waals surface area contributed by atoms with Crippen LogP contribution in [0.1, 0.15) is 15.9 Å². The summed E-state index contributed by atoms with van der Waals surface area (Å²) in [7, 11) is 4.54. The molecule has 0 spiro atoms. The van der Waals surface area contributed by atoms with Crippen molar-refractivity contribution in [3.63, 3.8) is 0 Å². The second kappa shape index (κ2) is 9.31. The lowest BCUT2D eigenvalue weighted by Crippen LogP contribution is -2.28. The van der Waals surface area contributed by atoms with Gasteiger partial charge >= 0.3 is 5.97 Å². The maximum atomic E-state index is 12.1. The van der Waals surface area contributed by atoms with Gasteiger partial charge in [0.25, 0.3) is 5.91 Å². The van der Waals surface area contributed by atoms with Gasteiger partial charge in [0.15, 0.2) is 6.61 Å². The van der Waals surface area contributed by atoms with Gasteiger partial charge in [0.1, 0.15) is 17.2 Å². The highest BCUT2D eigenvalue weighted by atomic mass is 16.5. The Morgan fingerprint density at radius 3 is 2.15 bits per heavy atom. The van der Waals surface area contributed by atoms with E-state index in [1.165, 1.54) is 26.4 Å². The quantitative estimate of drug-likeness (QED) is 0.728. The normalized spacial score (nSPS) is 9.96. The average molecular weight is 359 g/mol. The van der Waals surface area contributed by atoms with Gasteiger partial charge in [-0.15, -0.1) is 0 Å². The Morgan fingerprint density at radius 1 is 0.885 bits per heavy atom. The van der Waals surface area contributed by atoms with E-state index < -0.39 is 11.9 Å². The smallest absolute Gasteiger partial charge is 0.338 e. The number of methoxy groups -OCH3 is 3. The highest BCUT2D eigenvalue weighted by Crippen LogP contribution is 2.22. The monoisotopic (exact) mass is 359 g/mol. The molecule has 0 radical (unpaired) electrons. The van der Waals surface area contributed by atoms with Gasteiger partial charge in [-0.3, -0.25) is 4.79 Å². The number of benzene rings is 2. The minimum absolute atomic E-state index is 0.238. The lowest BCUT2D eigenvalue weighted by Gasteiger charge is -2.09. The number of hydrogen-bond acceptors (Lipinski definition) is 6. The lowest BCUT2D eigenvalue weighted by atomic mass is 10.2. The van der Waals surface area contributed by atoms with Crippen molar-refractivity contribution in [2.75, 3.05) is 27.9 Å². The fourth-order valence-corrected chi connectivity index (χ4v) is 2.17. The van der Waals surface area contributed by atoms with Crippen molar-refractivity contribution < 1.29 is 28.5 Å². The third-order valence-electron chi connectivity index (χ3n) is 3.55.